The normalized spacial score (nSPS) is 11.8. The Kier molecular flexibility index (Phi) is 6.59. The third-order valence-electron chi connectivity index (χ3n) is 1.11. The van der Waals surface area contributed by atoms with Gasteiger partial charge in [0, 0.05) is 13.1 Å². The highest BCUT2D eigenvalue weighted by molar-refractivity contribution is 5.78. The number of ether oxygens (including phenoxy) is 2. The molecule has 0 fully saturated rings. The fourth-order valence-corrected chi connectivity index (χ4v) is 0.583. The lowest BCUT2D eigenvalue weighted by Crippen LogP contribution is -2.14. The first kappa shape index (κ1) is 11.7. The van der Waals surface area contributed by atoms with Gasteiger partial charge in [-0.2, -0.15) is 0 Å². The molecule has 0 unspecified atom stereocenters. The Morgan fingerprint density at radius 3 is 2.69 bits per heavy atom. The van der Waals surface area contributed by atoms with Gasteiger partial charge in [-0.05, 0) is 13.8 Å². The number of carbonyl (C=O) groups excluding carboxylic acids is 1. The summed E-state index contributed by atoms with van der Waals surface area (Å²) in [6, 6.07) is 0. The summed E-state index contributed by atoms with van der Waals surface area (Å²) >= 11 is 0. The number of esters is 1. The molecule has 0 aliphatic carbocycles. The minimum Gasteiger partial charge on any atom is -0.469 e. The molecule has 0 amide bonds. The van der Waals surface area contributed by atoms with Gasteiger partial charge in [0.25, 0.3) is 0 Å². The summed E-state index contributed by atoms with van der Waals surface area (Å²) in [5, 5.41) is 0. The quantitative estimate of drug-likeness (QED) is 0.379. The van der Waals surface area contributed by atoms with Gasteiger partial charge in [0.1, 0.15) is 0 Å². The Hall–Kier alpha value is -1.32. The summed E-state index contributed by atoms with van der Waals surface area (Å²) < 4.78 is 9.64. The van der Waals surface area contributed by atoms with Crippen molar-refractivity contribution in [2.24, 2.45) is 4.99 Å². The number of hydrogen-bond acceptors (Lipinski definition) is 4. The molecular weight excluding hydrogens is 170 g/mol. The predicted octanol–water partition coefficient (Wildman–Crippen LogP) is 1.52. The van der Waals surface area contributed by atoms with Gasteiger partial charge in [-0.15, -0.1) is 0 Å². The second kappa shape index (κ2) is 7.34. The van der Waals surface area contributed by atoms with Gasteiger partial charge in [0.05, 0.1) is 6.61 Å². The van der Waals surface area contributed by atoms with Crippen LogP contribution in [0.5, 0.6) is 0 Å². The Bertz CT molecular complexity index is 209. The lowest BCUT2D eigenvalue weighted by Gasteiger charge is -2.03. The smallest absolute Gasteiger partial charge is 0.344 e. The van der Waals surface area contributed by atoms with Gasteiger partial charge in [-0.3, -0.25) is 0 Å². The van der Waals surface area contributed by atoms with E-state index < -0.39 is 0 Å². The summed E-state index contributed by atoms with van der Waals surface area (Å²) in [6.07, 6.45) is 3.37. The van der Waals surface area contributed by atoms with E-state index in [-0.39, 0.29) is 12.6 Å². The Morgan fingerprint density at radius 1 is 1.46 bits per heavy atom. The second-order valence-electron chi connectivity index (χ2n) is 2.22. The molecule has 0 saturated heterocycles. The SMILES string of the molecule is C/C=C\N=C(/C)OCC(=O)OCC. The number of hydrogen-bond donors (Lipinski definition) is 0. The van der Waals surface area contributed by atoms with Gasteiger partial charge in [0.2, 0.25) is 0 Å². The molecule has 0 bridgehead atoms. The van der Waals surface area contributed by atoms with Gasteiger partial charge in [0.15, 0.2) is 12.5 Å². The maximum atomic E-state index is 10.8. The molecule has 0 aromatic carbocycles. The predicted molar refractivity (Wildman–Crippen MR) is 50.5 cm³/mol. The van der Waals surface area contributed by atoms with E-state index in [1.807, 2.05) is 6.92 Å². The number of allylic oxidation sites excluding steroid dienone is 1. The highest BCUT2D eigenvalue weighted by Gasteiger charge is 2.01. The van der Waals surface area contributed by atoms with Crippen LogP contribution in [0.15, 0.2) is 17.3 Å². The second-order valence-corrected chi connectivity index (χ2v) is 2.22. The molecule has 0 atom stereocenters. The summed E-state index contributed by atoms with van der Waals surface area (Å²) in [6.45, 7) is 5.56. The van der Waals surface area contributed by atoms with Crippen molar-refractivity contribution in [1.29, 1.82) is 0 Å². The number of carbonyl (C=O) groups is 1. The number of nitrogens with zero attached hydrogens (tertiary/aromatic N) is 1. The van der Waals surface area contributed by atoms with Crippen molar-refractivity contribution in [2.45, 2.75) is 20.8 Å². The molecule has 0 aromatic rings. The van der Waals surface area contributed by atoms with Gasteiger partial charge in [-0.1, -0.05) is 6.08 Å². The fraction of sp³-hybridized carbons (Fsp3) is 0.556. The first-order chi connectivity index (χ1) is 6.20. The van der Waals surface area contributed by atoms with Crippen LogP contribution in [0.25, 0.3) is 0 Å². The maximum absolute atomic E-state index is 10.8. The lowest BCUT2D eigenvalue weighted by molar-refractivity contribution is -0.145. The zero-order chi connectivity index (χ0) is 10.1. The Morgan fingerprint density at radius 2 is 2.15 bits per heavy atom. The third-order valence-corrected chi connectivity index (χ3v) is 1.11. The van der Waals surface area contributed by atoms with Crippen molar-refractivity contribution in [1.82, 2.24) is 0 Å². The van der Waals surface area contributed by atoms with Crippen LogP contribution in [0, 0.1) is 0 Å². The maximum Gasteiger partial charge on any atom is 0.344 e. The Balaban J connectivity index is 3.69. The van der Waals surface area contributed by atoms with Crippen LogP contribution in [0.4, 0.5) is 0 Å². The molecule has 0 N–H and O–H groups in total. The van der Waals surface area contributed by atoms with Crippen molar-refractivity contribution in [3.05, 3.63) is 12.3 Å². The highest BCUT2D eigenvalue weighted by atomic mass is 16.6. The zero-order valence-corrected chi connectivity index (χ0v) is 8.24. The van der Waals surface area contributed by atoms with Crippen LogP contribution in [0.2, 0.25) is 0 Å². The zero-order valence-electron chi connectivity index (χ0n) is 8.24. The van der Waals surface area contributed by atoms with E-state index in [2.05, 4.69) is 9.73 Å². The summed E-state index contributed by atoms with van der Waals surface area (Å²) in [5.41, 5.74) is 0. The van der Waals surface area contributed by atoms with E-state index in [1.54, 1.807) is 26.1 Å². The van der Waals surface area contributed by atoms with Gasteiger partial charge >= 0.3 is 5.97 Å². The molecule has 74 valence electrons. The molecule has 0 heterocycles. The molecule has 0 saturated carbocycles. The molecule has 4 heteroatoms. The van der Waals surface area contributed by atoms with Crippen LogP contribution in [0.1, 0.15) is 20.8 Å². The molecule has 0 radical (unpaired) electrons. The molecule has 13 heavy (non-hydrogen) atoms. The standard InChI is InChI=1S/C9H15NO3/c1-4-6-10-8(3)13-7-9(11)12-5-2/h4,6H,5,7H2,1-3H3/b6-4-,10-8+. The first-order valence-electron chi connectivity index (χ1n) is 4.14. The van der Waals surface area contributed by atoms with Crippen molar-refractivity contribution in [3.63, 3.8) is 0 Å². The minimum absolute atomic E-state index is 0.0826. The average molecular weight is 185 g/mol. The van der Waals surface area contributed by atoms with E-state index in [9.17, 15) is 4.79 Å². The van der Waals surface area contributed by atoms with Crippen LogP contribution in [0.3, 0.4) is 0 Å². The largest absolute Gasteiger partial charge is 0.469 e. The molecule has 0 aromatic heterocycles. The van der Waals surface area contributed by atoms with Crippen LogP contribution >= 0.6 is 0 Å². The average Bonchev–Trinajstić information content (AvgIpc) is 2.12. The van der Waals surface area contributed by atoms with Crippen molar-refractivity contribution in [3.8, 4) is 0 Å². The first-order valence-corrected chi connectivity index (χ1v) is 4.14. The number of aliphatic imine (C=N–C) groups is 1. The molecular formula is C9H15NO3. The van der Waals surface area contributed by atoms with E-state index >= 15 is 0 Å². The van der Waals surface area contributed by atoms with E-state index in [0.29, 0.717) is 12.5 Å². The van der Waals surface area contributed by atoms with Gasteiger partial charge in [-0.25, -0.2) is 9.79 Å². The highest BCUT2D eigenvalue weighted by Crippen LogP contribution is 1.86. The van der Waals surface area contributed by atoms with Crippen LogP contribution < -0.4 is 0 Å². The summed E-state index contributed by atoms with van der Waals surface area (Å²) in [4.78, 5) is 14.7. The molecule has 0 aliphatic heterocycles. The van der Waals surface area contributed by atoms with Crippen molar-refractivity contribution >= 4 is 11.9 Å². The van der Waals surface area contributed by atoms with Crippen LogP contribution in [-0.2, 0) is 14.3 Å². The third kappa shape index (κ3) is 7.05. The van der Waals surface area contributed by atoms with E-state index in [0.717, 1.165) is 0 Å². The fourth-order valence-electron chi connectivity index (χ4n) is 0.583. The Labute approximate surface area is 78.3 Å². The summed E-state index contributed by atoms with van der Waals surface area (Å²) in [5.74, 6) is 0.0729. The monoisotopic (exact) mass is 185 g/mol. The minimum atomic E-state index is -0.377. The molecule has 4 nitrogen and oxygen atoms in total. The molecule has 0 aliphatic rings. The lowest BCUT2D eigenvalue weighted by atomic mass is 10.6. The molecule has 0 spiro atoms. The molecule has 0 rings (SSSR count). The topological polar surface area (TPSA) is 47.9 Å². The number of rotatable bonds is 4. The van der Waals surface area contributed by atoms with Crippen molar-refractivity contribution < 1.29 is 14.3 Å². The van der Waals surface area contributed by atoms with E-state index in [1.165, 1.54) is 0 Å². The van der Waals surface area contributed by atoms with Crippen molar-refractivity contribution in [2.75, 3.05) is 13.2 Å². The van der Waals surface area contributed by atoms with E-state index in [4.69, 9.17) is 4.74 Å². The van der Waals surface area contributed by atoms with Gasteiger partial charge < -0.3 is 9.47 Å². The van der Waals surface area contributed by atoms with Crippen LogP contribution in [-0.4, -0.2) is 25.1 Å². The summed E-state index contributed by atoms with van der Waals surface area (Å²) in [7, 11) is 0.